The quantitative estimate of drug-likeness (QED) is 0.798. The summed E-state index contributed by atoms with van der Waals surface area (Å²) in [6, 6.07) is 0. The average molecular weight is 204 g/mol. The summed E-state index contributed by atoms with van der Waals surface area (Å²) >= 11 is 5.95. The van der Waals surface area contributed by atoms with Gasteiger partial charge in [-0.05, 0) is 13.0 Å². The van der Waals surface area contributed by atoms with Crippen molar-refractivity contribution in [2.45, 2.75) is 12.5 Å². The Morgan fingerprint density at radius 2 is 2.46 bits per heavy atom. The van der Waals surface area contributed by atoms with Gasteiger partial charge in [0.1, 0.15) is 6.10 Å². The van der Waals surface area contributed by atoms with E-state index in [4.69, 9.17) is 22.1 Å². The van der Waals surface area contributed by atoms with Gasteiger partial charge in [-0.15, -0.1) is 0 Å². The number of methoxy groups -OCH3 is 1. The zero-order valence-electron chi connectivity index (χ0n) is 7.83. The van der Waals surface area contributed by atoms with E-state index in [0.29, 0.717) is 11.6 Å². The molecule has 4 nitrogen and oxygen atoms in total. The number of ether oxygens (including phenoxy) is 1. The molecule has 2 N–H and O–H groups in total. The summed E-state index contributed by atoms with van der Waals surface area (Å²) < 4.78 is 6.99. The fraction of sp³-hybridized carbons (Fsp3) is 0.625. The first-order valence-corrected chi connectivity index (χ1v) is 4.48. The van der Waals surface area contributed by atoms with Crippen molar-refractivity contribution in [3.05, 3.63) is 16.9 Å². The molecule has 0 aromatic carbocycles. The summed E-state index contributed by atoms with van der Waals surface area (Å²) in [5, 5.41) is 4.66. The molecule has 0 radical (unpaired) electrons. The first-order chi connectivity index (χ1) is 6.20. The van der Waals surface area contributed by atoms with Gasteiger partial charge in [-0.1, -0.05) is 11.6 Å². The minimum atomic E-state index is -0.0648. The van der Waals surface area contributed by atoms with Crippen LogP contribution < -0.4 is 5.73 Å². The number of nitrogens with two attached hydrogens (primary N) is 1. The van der Waals surface area contributed by atoms with Gasteiger partial charge in [-0.3, -0.25) is 4.68 Å². The van der Waals surface area contributed by atoms with Crippen molar-refractivity contribution in [3.63, 3.8) is 0 Å². The fourth-order valence-corrected chi connectivity index (χ4v) is 1.59. The molecule has 0 saturated heterocycles. The Kier molecular flexibility index (Phi) is 3.71. The van der Waals surface area contributed by atoms with Crippen LogP contribution in [0.15, 0.2) is 6.20 Å². The first kappa shape index (κ1) is 10.5. The molecule has 13 heavy (non-hydrogen) atoms. The highest BCUT2D eigenvalue weighted by atomic mass is 35.5. The highest BCUT2D eigenvalue weighted by Gasteiger charge is 2.17. The van der Waals surface area contributed by atoms with E-state index in [2.05, 4.69) is 5.10 Å². The van der Waals surface area contributed by atoms with Gasteiger partial charge in [0.25, 0.3) is 0 Å². The van der Waals surface area contributed by atoms with Crippen LogP contribution in [0.3, 0.4) is 0 Å². The molecule has 0 amide bonds. The molecule has 0 aliphatic rings. The molecule has 0 bridgehead atoms. The lowest BCUT2D eigenvalue weighted by Gasteiger charge is -2.14. The van der Waals surface area contributed by atoms with Crippen LogP contribution in [0.5, 0.6) is 0 Å². The lowest BCUT2D eigenvalue weighted by atomic mass is 10.2. The summed E-state index contributed by atoms with van der Waals surface area (Å²) in [5.74, 6) is 0. The molecule has 1 aromatic rings. The van der Waals surface area contributed by atoms with E-state index in [0.717, 1.165) is 12.1 Å². The van der Waals surface area contributed by atoms with Crippen LogP contribution in [0.1, 0.15) is 18.2 Å². The minimum absolute atomic E-state index is 0.0648. The second kappa shape index (κ2) is 4.60. The maximum absolute atomic E-state index is 5.95. The van der Waals surface area contributed by atoms with Gasteiger partial charge in [-0.25, -0.2) is 0 Å². The van der Waals surface area contributed by atoms with E-state index < -0.39 is 0 Å². The molecule has 5 heteroatoms. The minimum Gasteiger partial charge on any atom is -0.375 e. The van der Waals surface area contributed by atoms with Gasteiger partial charge in [0, 0.05) is 14.2 Å². The third-order valence-electron chi connectivity index (χ3n) is 1.96. The van der Waals surface area contributed by atoms with Crippen LogP contribution in [0, 0.1) is 0 Å². The van der Waals surface area contributed by atoms with Crippen LogP contribution in [0.4, 0.5) is 0 Å². The Balaban J connectivity index is 2.89. The van der Waals surface area contributed by atoms with Crippen LogP contribution in [-0.4, -0.2) is 23.4 Å². The number of aryl methyl sites for hydroxylation is 1. The lowest BCUT2D eigenvalue weighted by molar-refractivity contribution is 0.0909. The molecule has 74 valence electrons. The summed E-state index contributed by atoms with van der Waals surface area (Å²) in [4.78, 5) is 0. The zero-order valence-corrected chi connectivity index (χ0v) is 8.58. The molecule has 1 aromatic heterocycles. The molecule has 0 spiro atoms. The molecular formula is C8H14ClN3O. The summed E-state index contributed by atoms with van der Waals surface area (Å²) in [7, 11) is 3.48. The Hall–Kier alpha value is -0.580. The van der Waals surface area contributed by atoms with Crippen LogP contribution in [0.25, 0.3) is 0 Å². The van der Waals surface area contributed by atoms with Gasteiger partial charge in [0.2, 0.25) is 0 Å². The predicted molar refractivity (Wildman–Crippen MR) is 51.6 cm³/mol. The van der Waals surface area contributed by atoms with E-state index >= 15 is 0 Å². The monoisotopic (exact) mass is 203 g/mol. The number of nitrogens with zero attached hydrogens (tertiary/aromatic N) is 2. The van der Waals surface area contributed by atoms with Crippen molar-refractivity contribution in [1.29, 1.82) is 0 Å². The second-order valence-corrected chi connectivity index (χ2v) is 3.21. The molecular weight excluding hydrogens is 190 g/mol. The third-order valence-corrected chi connectivity index (χ3v) is 2.25. The number of hydrogen-bond donors (Lipinski definition) is 1. The fourth-order valence-electron chi connectivity index (χ4n) is 1.30. The molecule has 1 unspecified atom stereocenters. The molecule has 0 aliphatic carbocycles. The molecule has 0 saturated carbocycles. The van der Waals surface area contributed by atoms with Gasteiger partial charge >= 0.3 is 0 Å². The number of hydrogen-bond acceptors (Lipinski definition) is 3. The smallest absolute Gasteiger partial charge is 0.101 e. The lowest BCUT2D eigenvalue weighted by Crippen LogP contribution is -2.13. The molecule has 0 fully saturated rings. The van der Waals surface area contributed by atoms with Gasteiger partial charge in [0.15, 0.2) is 0 Å². The van der Waals surface area contributed by atoms with Crippen molar-refractivity contribution in [1.82, 2.24) is 9.78 Å². The topological polar surface area (TPSA) is 53.1 Å². The Morgan fingerprint density at radius 1 is 1.77 bits per heavy atom. The Labute approximate surface area is 82.6 Å². The zero-order chi connectivity index (χ0) is 9.84. The maximum Gasteiger partial charge on any atom is 0.101 e. The average Bonchev–Trinajstić information content (AvgIpc) is 2.43. The Bertz CT molecular complexity index is 255. The van der Waals surface area contributed by atoms with Crippen molar-refractivity contribution in [2.75, 3.05) is 13.7 Å². The highest BCUT2D eigenvalue weighted by molar-refractivity contribution is 6.31. The van der Waals surface area contributed by atoms with E-state index in [-0.39, 0.29) is 6.10 Å². The number of rotatable bonds is 4. The summed E-state index contributed by atoms with van der Waals surface area (Å²) in [6.45, 7) is 0.569. The van der Waals surface area contributed by atoms with Crippen molar-refractivity contribution in [2.24, 2.45) is 12.8 Å². The SMILES string of the molecule is COC(CCN)c1c(Cl)cnn1C. The van der Waals surface area contributed by atoms with Crippen molar-refractivity contribution in [3.8, 4) is 0 Å². The van der Waals surface area contributed by atoms with Gasteiger partial charge in [-0.2, -0.15) is 5.10 Å². The van der Waals surface area contributed by atoms with E-state index in [1.807, 2.05) is 7.05 Å². The van der Waals surface area contributed by atoms with Crippen LogP contribution in [-0.2, 0) is 11.8 Å². The van der Waals surface area contributed by atoms with Gasteiger partial charge < -0.3 is 10.5 Å². The normalized spacial score (nSPS) is 13.2. The van der Waals surface area contributed by atoms with E-state index in [1.165, 1.54) is 0 Å². The van der Waals surface area contributed by atoms with Crippen LogP contribution >= 0.6 is 11.6 Å². The maximum atomic E-state index is 5.95. The molecule has 1 rings (SSSR count). The third kappa shape index (κ3) is 2.21. The largest absolute Gasteiger partial charge is 0.375 e. The summed E-state index contributed by atoms with van der Waals surface area (Å²) in [5.41, 5.74) is 6.34. The Morgan fingerprint density at radius 3 is 2.85 bits per heavy atom. The van der Waals surface area contributed by atoms with Gasteiger partial charge in [0.05, 0.1) is 16.9 Å². The second-order valence-electron chi connectivity index (χ2n) is 2.80. The first-order valence-electron chi connectivity index (χ1n) is 4.11. The van der Waals surface area contributed by atoms with Crippen molar-refractivity contribution < 1.29 is 4.74 Å². The number of halogens is 1. The molecule has 1 heterocycles. The van der Waals surface area contributed by atoms with Crippen molar-refractivity contribution >= 4 is 11.6 Å². The molecule has 1 atom stereocenters. The highest BCUT2D eigenvalue weighted by Crippen LogP contribution is 2.26. The summed E-state index contributed by atoms with van der Waals surface area (Å²) in [6.07, 6.45) is 2.29. The molecule has 0 aliphatic heterocycles. The van der Waals surface area contributed by atoms with Crippen LogP contribution in [0.2, 0.25) is 5.02 Å². The number of aromatic nitrogens is 2. The standard InChI is InChI=1S/C8H14ClN3O/c1-12-8(6(9)5-11-12)7(13-2)3-4-10/h5,7H,3-4,10H2,1-2H3. The van der Waals surface area contributed by atoms with E-state index in [1.54, 1.807) is 18.0 Å². The van der Waals surface area contributed by atoms with E-state index in [9.17, 15) is 0 Å². The predicted octanol–water partition coefficient (Wildman–Crippen LogP) is 1.11.